The Hall–Kier alpha value is -1.77. The van der Waals surface area contributed by atoms with Crippen LogP contribution in [0.5, 0.6) is 5.75 Å². The molecule has 1 aliphatic rings. The van der Waals surface area contributed by atoms with E-state index in [1.54, 1.807) is 0 Å². The Balaban J connectivity index is 2.43. The molecule has 2 heterocycles. The summed E-state index contributed by atoms with van der Waals surface area (Å²) >= 11 is 0. The van der Waals surface area contributed by atoms with E-state index >= 15 is 0 Å². The standard InChI is InChI=1S/C15H17NO2/c1-10(2)12-9-16-7-4-8-18-13-6-3-5-11(14(13)16)15(12)17/h3,5-6,9-10H,4,7-8H2,1-2H3. The third-order valence-corrected chi connectivity index (χ3v) is 3.51. The average Bonchev–Trinajstić information content (AvgIpc) is 2.56. The van der Waals surface area contributed by atoms with E-state index in [1.165, 1.54) is 0 Å². The molecule has 0 amide bonds. The predicted octanol–water partition coefficient (Wildman–Crippen LogP) is 2.91. The summed E-state index contributed by atoms with van der Waals surface area (Å²) in [4.78, 5) is 12.5. The third-order valence-electron chi connectivity index (χ3n) is 3.51. The Morgan fingerprint density at radius 3 is 2.94 bits per heavy atom. The summed E-state index contributed by atoms with van der Waals surface area (Å²) in [5.74, 6) is 1.08. The number of benzene rings is 1. The number of pyridine rings is 1. The predicted molar refractivity (Wildman–Crippen MR) is 72.4 cm³/mol. The molecule has 0 bridgehead atoms. The molecule has 18 heavy (non-hydrogen) atoms. The lowest BCUT2D eigenvalue weighted by atomic mass is 10.0. The van der Waals surface area contributed by atoms with Crippen molar-refractivity contribution < 1.29 is 4.74 Å². The van der Waals surface area contributed by atoms with Crippen molar-refractivity contribution >= 4 is 10.9 Å². The van der Waals surface area contributed by atoms with E-state index in [0.29, 0.717) is 6.61 Å². The van der Waals surface area contributed by atoms with Gasteiger partial charge in [-0.2, -0.15) is 0 Å². The fraction of sp³-hybridized carbons (Fsp3) is 0.400. The molecular weight excluding hydrogens is 226 g/mol. The van der Waals surface area contributed by atoms with Gasteiger partial charge in [-0.3, -0.25) is 4.79 Å². The summed E-state index contributed by atoms with van der Waals surface area (Å²) in [6.07, 6.45) is 2.98. The van der Waals surface area contributed by atoms with Gasteiger partial charge >= 0.3 is 0 Å². The first-order valence-corrected chi connectivity index (χ1v) is 6.47. The van der Waals surface area contributed by atoms with Crippen molar-refractivity contribution in [2.75, 3.05) is 6.61 Å². The molecule has 94 valence electrons. The first kappa shape index (κ1) is 11.3. The number of aromatic nitrogens is 1. The Morgan fingerprint density at radius 1 is 1.33 bits per heavy atom. The van der Waals surface area contributed by atoms with Crippen LogP contribution in [0, 0.1) is 0 Å². The van der Waals surface area contributed by atoms with Gasteiger partial charge in [-0.1, -0.05) is 19.9 Å². The minimum Gasteiger partial charge on any atom is -0.491 e. The molecule has 3 rings (SSSR count). The number of para-hydroxylation sites is 1. The highest BCUT2D eigenvalue weighted by atomic mass is 16.5. The summed E-state index contributed by atoms with van der Waals surface area (Å²) in [6, 6.07) is 5.75. The smallest absolute Gasteiger partial charge is 0.192 e. The van der Waals surface area contributed by atoms with E-state index in [-0.39, 0.29) is 11.3 Å². The molecular formula is C15H17NO2. The first-order chi connectivity index (χ1) is 8.68. The second-order valence-corrected chi connectivity index (χ2v) is 5.12. The van der Waals surface area contributed by atoms with Crippen LogP contribution in [0.15, 0.2) is 29.2 Å². The highest BCUT2D eigenvalue weighted by molar-refractivity contribution is 5.85. The van der Waals surface area contributed by atoms with E-state index in [1.807, 2.05) is 24.4 Å². The molecule has 0 spiro atoms. The van der Waals surface area contributed by atoms with Crippen molar-refractivity contribution in [2.24, 2.45) is 0 Å². The minimum atomic E-state index is 0.142. The van der Waals surface area contributed by atoms with E-state index < -0.39 is 0 Å². The van der Waals surface area contributed by atoms with Crippen molar-refractivity contribution in [3.05, 3.63) is 40.2 Å². The topological polar surface area (TPSA) is 31.2 Å². The maximum atomic E-state index is 12.5. The highest BCUT2D eigenvalue weighted by Crippen LogP contribution is 2.27. The van der Waals surface area contributed by atoms with Gasteiger partial charge in [0.05, 0.1) is 12.1 Å². The van der Waals surface area contributed by atoms with Crippen molar-refractivity contribution in [1.82, 2.24) is 4.57 Å². The Bertz CT molecular complexity index is 655. The van der Waals surface area contributed by atoms with Crippen LogP contribution in [0.3, 0.4) is 0 Å². The molecule has 0 saturated carbocycles. The van der Waals surface area contributed by atoms with Crippen molar-refractivity contribution in [2.45, 2.75) is 32.7 Å². The van der Waals surface area contributed by atoms with E-state index in [4.69, 9.17) is 4.74 Å². The SMILES string of the molecule is CC(C)c1cn2c3c(cccc3c1=O)OCCC2. The van der Waals surface area contributed by atoms with Crippen molar-refractivity contribution in [1.29, 1.82) is 0 Å². The van der Waals surface area contributed by atoms with Crippen LogP contribution in [0.25, 0.3) is 10.9 Å². The fourth-order valence-electron chi connectivity index (χ4n) is 2.57. The quantitative estimate of drug-likeness (QED) is 0.771. The average molecular weight is 243 g/mol. The van der Waals surface area contributed by atoms with Gasteiger partial charge in [0, 0.05) is 23.7 Å². The van der Waals surface area contributed by atoms with Crippen LogP contribution in [-0.4, -0.2) is 11.2 Å². The molecule has 0 N–H and O–H groups in total. The second-order valence-electron chi connectivity index (χ2n) is 5.12. The van der Waals surface area contributed by atoms with Gasteiger partial charge < -0.3 is 9.30 Å². The summed E-state index contributed by atoms with van der Waals surface area (Å²) in [6.45, 7) is 5.75. The molecule has 0 atom stereocenters. The summed E-state index contributed by atoms with van der Waals surface area (Å²) in [5, 5.41) is 0.778. The van der Waals surface area contributed by atoms with E-state index in [9.17, 15) is 4.79 Å². The molecule has 3 nitrogen and oxygen atoms in total. The van der Waals surface area contributed by atoms with Crippen molar-refractivity contribution in [3.8, 4) is 5.75 Å². The molecule has 0 unspecified atom stereocenters. The molecule has 0 radical (unpaired) electrons. The van der Waals surface area contributed by atoms with Crippen LogP contribution in [0.2, 0.25) is 0 Å². The van der Waals surface area contributed by atoms with E-state index in [2.05, 4.69) is 18.4 Å². The number of aryl methyl sites for hydroxylation is 1. The molecule has 0 fully saturated rings. The van der Waals surface area contributed by atoms with Crippen LogP contribution < -0.4 is 10.2 Å². The van der Waals surface area contributed by atoms with Crippen LogP contribution >= 0.6 is 0 Å². The zero-order chi connectivity index (χ0) is 12.7. The minimum absolute atomic E-state index is 0.142. The van der Waals surface area contributed by atoms with E-state index in [0.717, 1.165) is 35.2 Å². The van der Waals surface area contributed by atoms with Gasteiger partial charge in [-0.25, -0.2) is 0 Å². The Kier molecular flexibility index (Phi) is 2.62. The van der Waals surface area contributed by atoms with Gasteiger partial charge in [0.15, 0.2) is 5.43 Å². The lowest BCUT2D eigenvalue weighted by molar-refractivity contribution is 0.316. The maximum absolute atomic E-state index is 12.5. The second kappa shape index (κ2) is 4.16. The summed E-state index contributed by atoms with van der Waals surface area (Å²) in [5.41, 5.74) is 1.98. The molecule has 1 aromatic heterocycles. The fourth-order valence-corrected chi connectivity index (χ4v) is 2.57. The molecule has 2 aromatic rings. The monoisotopic (exact) mass is 243 g/mol. The van der Waals surface area contributed by atoms with Gasteiger partial charge in [-0.05, 0) is 24.5 Å². The zero-order valence-electron chi connectivity index (χ0n) is 10.8. The maximum Gasteiger partial charge on any atom is 0.192 e. The van der Waals surface area contributed by atoms with Crippen LogP contribution in [-0.2, 0) is 6.54 Å². The molecule has 0 saturated heterocycles. The number of ether oxygens (including phenoxy) is 1. The third kappa shape index (κ3) is 1.62. The highest BCUT2D eigenvalue weighted by Gasteiger charge is 2.16. The molecule has 3 heteroatoms. The Labute approximate surface area is 106 Å². The van der Waals surface area contributed by atoms with Crippen LogP contribution in [0.1, 0.15) is 31.7 Å². The molecule has 1 aliphatic heterocycles. The number of hydrogen-bond acceptors (Lipinski definition) is 2. The summed E-state index contributed by atoms with van der Waals surface area (Å²) in [7, 11) is 0. The molecule has 0 aliphatic carbocycles. The zero-order valence-corrected chi connectivity index (χ0v) is 10.8. The lowest BCUT2D eigenvalue weighted by Crippen LogP contribution is -2.15. The lowest BCUT2D eigenvalue weighted by Gasteiger charge is -2.14. The summed E-state index contributed by atoms with van der Waals surface area (Å²) < 4.78 is 7.89. The number of rotatable bonds is 1. The largest absolute Gasteiger partial charge is 0.491 e. The van der Waals surface area contributed by atoms with Gasteiger partial charge in [-0.15, -0.1) is 0 Å². The van der Waals surface area contributed by atoms with Crippen molar-refractivity contribution in [3.63, 3.8) is 0 Å². The molecule has 1 aromatic carbocycles. The van der Waals surface area contributed by atoms with Gasteiger partial charge in [0.2, 0.25) is 0 Å². The van der Waals surface area contributed by atoms with Crippen LogP contribution in [0.4, 0.5) is 0 Å². The first-order valence-electron chi connectivity index (χ1n) is 6.47. The number of hydrogen-bond donors (Lipinski definition) is 0. The van der Waals surface area contributed by atoms with Gasteiger partial charge in [0.25, 0.3) is 0 Å². The van der Waals surface area contributed by atoms with Gasteiger partial charge in [0.1, 0.15) is 5.75 Å². The Morgan fingerprint density at radius 2 is 2.17 bits per heavy atom. The number of nitrogens with zero attached hydrogens (tertiary/aromatic N) is 1. The normalized spacial score (nSPS) is 14.6.